The molecule has 5 rings (SSSR count). The maximum Gasteiger partial charge on any atom is 0.346 e. The van der Waals surface area contributed by atoms with E-state index in [0.29, 0.717) is 31.5 Å². The molecule has 0 atom stereocenters. The van der Waals surface area contributed by atoms with Gasteiger partial charge in [0.25, 0.3) is 5.90 Å². The Hall–Kier alpha value is -3.88. The summed E-state index contributed by atoms with van der Waals surface area (Å²) in [5, 5.41) is 13.4. The molecule has 1 aromatic heterocycles. The third-order valence-corrected chi connectivity index (χ3v) is 6.70. The van der Waals surface area contributed by atoms with Gasteiger partial charge >= 0.3 is 5.97 Å². The highest BCUT2D eigenvalue weighted by molar-refractivity contribution is 9.10. The quantitative estimate of drug-likeness (QED) is 0.121. The van der Waals surface area contributed by atoms with Crippen molar-refractivity contribution in [3.8, 4) is 22.5 Å². The van der Waals surface area contributed by atoms with Crippen LogP contribution in [-0.4, -0.2) is 27.0 Å². The summed E-state index contributed by atoms with van der Waals surface area (Å²) in [7, 11) is 0. The van der Waals surface area contributed by atoms with Gasteiger partial charge in [-0.25, -0.2) is 4.79 Å². The van der Waals surface area contributed by atoms with Crippen LogP contribution in [0.4, 0.5) is 0 Å². The molecule has 6 nitrogen and oxygen atoms in total. The van der Waals surface area contributed by atoms with Crippen molar-refractivity contribution < 1.29 is 9.53 Å². The number of ether oxygens (including phenoxy) is 1. The van der Waals surface area contributed by atoms with Crippen molar-refractivity contribution in [1.29, 1.82) is 0 Å². The SMILES string of the molecule is O=C(O/C(=N\n1nnc(-c2ccccc2)c1-c1ccccc1)c1ccccc1Br)c1ccccc1Br. The van der Waals surface area contributed by atoms with E-state index in [4.69, 9.17) is 4.74 Å². The largest absolute Gasteiger partial charge is 0.401 e. The summed E-state index contributed by atoms with van der Waals surface area (Å²) >= 11 is 6.97. The molecule has 0 N–H and O–H groups in total. The number of esters is 1. The number of hydrogen-bond donors (Lipinski definition) is 0. The Morgan fingerprint density at radius 2 is 1.22 bits per heavy atom. The molecule has 0 fully saturated rings. The Balaban J connectivity index is 1.67. The molecule has 5 aromatic rings. The van der Waals surface area contributed by atoms with Gasteiger partial charge < -0.3 is 4.74 Å². The van der Waals surface area contributed by atoms with Crippen LogP contribution in [0.2, 0.25) is 0 Å². The van der Waals surface area contributed by atoms with Gasteiger partial charge in [-0.3, -0.25) is 0 Å². The lowest BCUT2D eigenvalue weighted by atomic mass is 10.1. The van der Waals surface area contributed by atoms with Gasteiger partial charge in [-0.05, 0) is 61.3 Å². The molecule has 0 aliphatic heterocycles. The summed E-state index contributed by atoms with van der Waals surface area (Å²) in [4.78, 5) is 14.5. The van der Waals surface area contributed by atoms with E-state index >= 15 is 0 Å². The smallest absolute Gasteiger partial charge is 0.346 e. The third-order valence-electron chi connectivity index (χ3n) is 5.32. The summed E-state index contributed by atoms with van der Waals surface area (Å²) < 4.78 is 7.20. The Kier molecular flexibility index (Phi) is 7.16. The standard InChI is InChI=1S/C28H18Br2N4O2/c29-23-17-9-7-15-21(23)27(36-28(35)22-16-8-10-18-24(22)30)32-34-26(20-13-5-2-6-14-20)25(31-33-34)19-11-3-1-4-12-19/h1-18H/b32-27-. The molecule has 0 amide bonds. The van der Waals surface area contributed by atoms with E-state index in [1.807, 2.05) is 91.0 Å². The first kappa shape index (κ1) is 23.8. The topological polar surface area (TPSA) is 69.4 Å². The first-order chi connectivity index (χ1) is 17.6. The molecular formula is C28H18Br2N4O2. The highest BCUT2D eigenvalue weighted by Crippen LogP contribution is 2.30. The molecule has 0 aliphatic rings. The Labute approximate surface area is 224 Å². The molecule has 0 aliphatic carbocycles. The molecule has 1 heterocycles. The van der Waals surface area contributed by atoms with E-state index in [1.54, 1.807) is 18.2 Å². The van der Waals surface area contributed by atoms with Crippen molar-refractivity contribution in [2.24, 2.45) is 5.10 Å². The number of nitrogens with zero attached hydrogens (tertiary/aromatic N) is 4. The van der Waals surface area contributed by atoms with Gasteiger partial charge in [-0.15, -0.1) is 15.0 Å². The monoisotopic (exact) mass is 600 g/mol. The van der Waals surface area contributed by atoms with E-state index in [2.05, 4.69) is 47.3 Å². The molecule has 4 aromatic carbocycles. The van der Waals surface area contributed by atoms with Gasteiger partial charge in [0.2, 0.25) is 0 Å². The van der Waals surface area contributed by atoms with E-state index in [0.717, 1.165) is 11.1 Å². The van der Waals surface area contributed by atoms with Crippen LogP contribution >= 0.6 is 31.9 Å². The molecule has 36 heavy (non-hydrogen) atoms. The fourth-order valence-corrected chi connectivity index (χ4v) is 4.50. The molecule has 0 radical (unpaired) electrons. The lowest BCUT2D eigenvalue weighted by Gasteiger charge is -2.11. The first-order valence-corrected chi connectivity index (χ1v) is 12.6. The zero-order valence-corrected chi connectivity index (χ0v) is 21.9. The second-order valence-corrected chi connectivity index (χ2v) is 9.37. The fraction of sp³-hybridized carbons (Fsp3) is 0. The minimum atomic E-state index is -0.554. The third kappa shape index (κ3) is 5.05. The predicted octanol–water partition coefficient (Wildman–Crippen LogP) is 7.20. The lowest BCUT2D eigenvalue weighted by molar-refractivity contribution is 0.0715. The molecule has 8 heteroatoms. The second kappa shape index (κ2) is 10.8. The van der Waals surface area contributed by atoms with Gasteiger partial charge in [-0.1, -0.05) is 84.9 Å². The minimum Gasteiger partial charge on any atom is -0.401 e. The van der Waals surface area contributed by atoms with Gasteiger partial charge in [0.15, 0.2) is 0 Å². The number of rotatable bonds is 5. The van der Waals surface area contributed by atoms with Gasteiger partial charge in [-0.2, -0.15) is 0 Å². The molecular weight excluding hydrogens is 584 g/mol. The molecule has 0 saturated heterocycles. The van der Waals surface area contributed by atoms with Crippen molar-refractivity contribution in [2.45, 2.75) is 0 Å². The molecule has 0 bridgehead atoms. The molecule has 0 spiro atoms. The zero-order chi connectivity index (χ0) is 24.9. The van der Waals surface area contributed by atoms with E-state index in [-0.39, 0.29) is 5.90 Å². The van der Waals surface area contributed by atoms with E-state index in [1.165, 1.54) is 4.79 Å². The molecule has 176 valence electrons. The highest BCUT2D eigenvalue weighted by Gasteiger charge is 2.21. The summed E-state index contributed by atoms with van der Waals surface area (Å²) in [6.45, 7) is 0. The number of halogens is 2. The van der Waals surface area contributed by atoms with Crippen molar-refractivity contribution in [3.63, 3.8) is 0 Å². The van der Waals surface area contributed by atoms with Gasteiger partial charge in [0.1, 0.15) is 11.4 Å². The van der Waals surface area contributed by atoms with Crippen molar-refractivity contribution in [1.82, 2.24) is 15.1 Å². The first-order valence-electron chi connectivity index (χ1n) is 11.0. The summed E-state index contributed by atoms with van der Waals surface area (Å²) in [6, 6.07) is 33.9. The number of carbonyl (C=O) groups excluding carboxylic acids is 1. The maximum absolute atomic E-state index is 13.1. The number of benzene rings is 4. The van der Waals surface area contributed by atoms with Crippen LogP contribution in [0, 0.1) is 0 Å². The Bertz CT molecular complexity index is 1550. The fourth-order valence-electron chi connectivity index (χ4n) is 3.60. The minimum absolute atomic E-state index is 0.0740. The number of aromatic nitrogens is 3. The van der Waals surface area contributed by atoms with Crippen LogP contribution in [0.15, 0.2) is 123 Å². The van der Waals surface area contributed by atoms with Crippen LogP contribution in [0.1, 0.15) is 15.9 Å². The normalized spacial score (nSPS) is 11.3. The van der Waals surface area contributed by atoms with E-state index in [9.17, 15) is 4.79 Å². The van der Waals surface area contributed by atoms with Crippen LogP contribution in [0.25, 0.3) is 22.5 Å². The maximum atomic E-state index is 13.1. The average Bonchev–Trinajstić information content (AvgIpc) is 3.33. The predicted molar refractivity (Wildman–Crippen MR) is 147 cm³/mol. The van der Waals surface area contributed by atoms with Crippen LogP contribution < -0.4 is 0 Å². The molecule has 0 saturated carbocycles. The summed E-state index contributed by atoms with van der Waals surface area (Å²) in [5.74, 6) is -0.480. The Morgan fingerprint density at radius 1 is 0.694 bits per heavy atom. The Morgan fingerprint density at radius 3 is 1.83 bits per heavy atom. The number of carbonyl (C=O) groups is 1. The summed E-state index contributed by atoms with van der Waals surface area (Å²) in [6.07, 6.45) is 0. The average molecular weight is 602 g/mol. The van der Waals surface area contributed by atoms with Crippen molar-refractivity contribution in [3.05, 3.63) is 129 Å². The highest BCUT2D eigenvalue weighted by atomic mass is 79.9. The van der Waals surface area contributed by atoms with Crippen molar-refractivity contribution in [2.75, 3.05) is 0 Å². The van der Waals surface area contributed by atoms with Crippen molar-refractivity contribution >= 4 is 43.7 Å². The van der Waals surface area contributed by atoms with Crippen LogP contribution in [0.3, 0.4) is 0 Å². The molecule has 0 unspecified atom stereocenters. The van der Waals surface area contributed by atoms with Gasteiger partial charge in [0.05, 0.1) is 11.1 Å². The van der Waals surface area contributed by atoms with E-state index < -0.39 is 5.97 Å². The van der Waals surface area contributed by atoms with Crippen LogP contribution in [0.5, 0.6) is 0 Å². The number of hydrogen-bond acceptors (Lipinski definition) is 5. The lowest BCUT2D eigenvalue weighted by Crippen LogP contribution is -2.17. The second-order valence-electron chi connectivity index (χ2n) is 7.66. The summed E-state index contributed by atoms with van der Waals surface area (Å²) in [5.41, 5.74) is 4.06. The zero-order valence-electron chi connectivity index (χ0n) is 18.8. The van der Waals surface area contributed by atoms with Crippen LogP contribution in [-0.2, 0) is 4.74 Å². The van der Waals surface area contributed by atoms with Gasteiger partial charge in [0, 0.05) is 20.1 Å².